The van der Waals surface area contributed by atoms with E-state index in [-0.39, 0.29) is 12.0 Å². The maximum Gasteiger partial charge on any atom is 0.267 e. The second kappa shape index (κ2) is 6.05. The number of rotatable bonds is 3. The minimum Gasteiger partial charge on any atom is -0.482 e. The maximum absolute atomic E-state index is 12.6. The molecule has 3 rings (SSSR count). The van der Waals surface area contributed by atoms with E-state index in [2.05, 4.69) is 4.98 Å². The summed E-state index contributed by atoms with van der Waals surface area (Å²) in [6.07, 6.45) is 2.46. The van der Waals surface area contributed by atoms with E-state index in [9.17, 15) is 4.79 Å². The lowest BCUT2D eigenvalue weighted by molar-refractivity contribution is -0.143. The fraction of sp³-hybridized carbons (Fsp3) is 0.294. The predicted octanol–water partition coefficient (Wildman–Crippen LogP) is 2.27. The summed E-state index contributed by atoms with van der Waals surface area (Å²) in [5, 5.41) is 0. The lowest BCUT2D eigenvalue weighted by Gasteiger charge is -2.33. The van der Waals surface area contributed by atoms with Crippen molar-refractivity contribution >= 4 is 5.91 Å². The third kappa shape index (κ3) is 2.88. The fourth-order valence-corrected chi connectivity index (χ4v) is 2.45. The Hall–Kier alpha value is -2.56. The standard InChI is InChI=1S/C17H18N2O3/c1-12-16(22-15-6-4-3-5-14(15)21-12)17(20)19(2)11-13-7-9-18-10-8-13/h3-10,12,16H,11H2,1-2H3/t12-,16+/m0/s1. The highest BCUT2D eigenvalue weighted by Crippen LogP contribution is 2.33. The van der Waals surface area contributed by atoms with Crippen LogP contribution in [0.15, 0.2) is 48.8 Å². The largest absolute Gasteiger partial charge is 0.482 e. The molecule has 0 unspecified atom stereocenters. The van der Waals surface area contributed by atoms with E-state index in [0.29, 0.717) is 18.0 Å². The Morgan fingerprint density at radius 1 is 1.14 bits per heavy atom. The molecule has 2 atom stereocenters. The van der Waals surface area contributed by atoms with Gasteiger partial charge < -0.3 is 14.4 Å². The Bertz CT molecular complexity index is 660. The van der Waals surface area contributed by atoms with Crippen LogP contribution >= 0.6 is 0 Å². The molecule has 1 amide bonds. The maximum atomic E-state index is 12.6. The topological polar surface area (TPSA) is 51.7 Å². The summed E-state index contributed by atoms with van der Waals surface area (Å²) >= 11 is 0. The molecule has 0 saturated heterocycles. The van der Waals surface area contributed by atoms with Crippen LogP contribution in [-0.4, -0.2) is 35.0 Å². The van der Waals surface area contributed by atoms with Crippen molar-refractivity contribution in [3.8, 4) is 11.5 Å². The monoisotopic (exact) mass is 298 g/mol. The van der Waals surface area contributed by atoms with Gasteiger partial charge in [0, 0.05) is 26.0 Å². The van der Waals surface area contributed by atoms with E-state index in [1.54, 1.807) is 24.3 Å². The minimum absolute atomic E-state index is 0.0983. The van der Waals surface area contributed by atoms with Crippen molar-refractivity contribution in [2.24, 2.45) is 0 Å². The van der Waals surface area contributed by atoms with Gasteiger partial charge in [0.05, 0.1) is 0 Å². The first-order valence-electron chi connectivity index (χ1n) is 7.21. The third-order valence-electron chi connectivity index (χ3n) is 3.63. The van der Waals surface area contributed by atoms with Crippen molar-refractivity contribution in [3.63, 3.8) is 0 Å². The molecule has 5 nitrogen and oxygen atoms in total. The number of ether oxygens (including phenoxy) is 2. The van der Waals surface area contributed by atoms with Crippen LogP contribution < -0.4 is 9.47 Å². The molecule has 0 spiro atoms. The number of nitrogens with zero attached hydrogens (tertiary/aromatic N) is 2. The van der Waals surface area contributed by atoms with Gasteiger partial charge in [0.25, 0.3) is 5.91 Å². The number of para-hydroxylation sites is 2. The van der Waals surface area contributed by atoms with Gasteiger partial charge in [-0.3, -0.25) is 9.78 Å². The summed E-state index contributed by atoms with van der Waals surface area (Å²) < 4.78 is 11.6. The first kappa shape index (κ1) is 14.4. The molecule has 2 heterocycles. The van der Waals surface area contributed by atoms with Gasteiger partial charge in [-0.2, -0.15) is 0 Å². The molecule has 0 saturated carbocycles. The zero-order valence-corrected chi connectivity index (χ0v) is 12.6. The molecule has 1 aromatic heterocycles. The average Bonchev–Trinajstić information content (AvgIpc) is 2.54. The van der Waals surface area contributed by atoms with Crippen LogP contribution in [0.5, 0.6) is 11.5 Å². The van der Waals surface area contributed by atoms with Gasteiger partial charge in [0.15, 0.2) is 11.5 Å². The molecular weight excluding hydrogens is 280 g/mol. The molecule has 0 aliphatic carbocycles. The van der Waals surface area contributed by atoms with Crippen LogP contribution in [0.4, 0.5) is 0 Å². The Labute approximate surface area is 129 Å². The van der Waals surface area contributed by atoms with Crippen LogP contribution in [0, 0.1) is 0 Å². The number of benzene rings is 1. The summed E-state index contributed by atoms with van der Waals surface area (Å²) in [4.78, 5) is 18.3. The fourth-order valence-electron chi connectivity index (χ4n) is 2.45. The number of fused-ring (bicyclic) bond motifs is 1. The average molecular weight is 298 g/mol. The SMILES string of the molecule is C[C@@H]1Oc2ccccc2O[C@H]1C(=O)N(C)Cc1ccncc1. The molecule has 0 radical (unpaired) electrons. The summed E-state index contributed by atoms with van der Waals surface area (Å²) in [6, 6.07) is 11.2. The smallest absolute Gasteiger partial charge is 0.267 e. The van der Waals surface area contributed by atoms with E-state index in [1.807, 2.05) is 43.3 Å². The Kier molecular flexibility index (Phi) is 3.96. The van der Waals surface area contributed by atoms with Crippen LogP contribution in [0.3, 0.4) is 0 Å². The lowest BCUT2D eigenvalue weighted by atomic mass is 10.1. The second-order valence-corrected chi connectivity index (χ2v) is 5.36. The molecule has 0 bridgehead atoms. The van der Waals surface area contributed by atoms with Crippen LogP contribution in [-0.2, 0) is 11.3 Å². The lowest BCUT2D eigenvalue weighted by Crippen LogP contribution is -2.49. The van der Waals surface area contributed by atoms with Crippen molar-refractivity contribution in [1.29, 1.82) is 0 Å². The number of carbonyl (C=O) groups is 1. The van der Waals surface area contributed by atoms with Crippen molar-refractivity contribution in [1.82, 2.24) is 9.88 Å². The van der Waals surface area contributed by atoms with E-state index >= 15 is 0 Å². The van der Waals surface area contributed by atoms with Crippen molar-refractivity contribution in [2.75, 3.05) is 7.05 Å². The highest BCUT2D eigenvalue weighted by Gasteiger charge is 2.35. The number of carbonyl (C=O) groups excluding carboxylic acids is 1. The Morgan fingerprint density at radius 2 is 1.77 bits per heavy atom. The predicted molar refractivity (Wildman–Crippen MR) is 81.7 cm³/mol. The van der Waals surface area contributed by atoms with Gasteiger partial charge in [-0.25, -0.2) is 0 Å². The molecule has 0 fully saturated rings. The summed E-state index contributed by atoms with van der Waals surface area (Å²) in [7, 11) is 1.76. The van der Waals surface area contributed by atoms with Gasteiger partial charge in [-0.15, -0.1) is 0 Å². The molecular formula is C17H18N2O3. The minimum atomic E-state index is -0.637. The molecule has 114 valence electrons. The second-order valence-electron chi connectivity index (χ2n) is 5.36. The molecule has 1 aromatic carbocycles. The van der Waals surface area contributed by atoms with Gasteiger partial charge >= 0.3 is 0 Å². The van der Waals surface area contributed by atoms with Gasteiger partial charge in [0.1, 0.15) is 6.10 Å². The third-order valence-corrected chi connectivity index (χ3v) is 3.63. The van der Waals surface area contributed by atoms with Gasteiger partial charge in [-0.1, -0.05) is 12.1 Å². The number of likely N-dealkylation sites (N-methyl/N-ethyl adjacent to an activating group) is 1. The molecule has 5 heteroatoms. The van der Waals surface area contributed by atoms with E-state index in [4.69, 9.17) is 9.47 Å². The number of amides is 1. The number of aromatic nitrogens is 1. The van der Waals surface area contributed by atoms with Crippen LogP contribution in [0.25, 0.3) is 0 Å². The van der Waals surface area contributed by atoms with Crippen molar-refractivity contribution in [3.05, 3.63) is 54.4 Å². The zero-order valence-electron chi connectivity index (χ0n) is 12.6. The molecule has 22 heavy (non-hydrogen) atoms. The number of pyridine rings is 1. The normalized spacial score (nSPS) is 19.5. The van der Waals surface area contributed by atoms with E-state index < -0.39 is 6.10 Å². The molecule has 1 aliphatic heterocycles. The first-order valence-corrected chi connectivity index (χ1v) is 7.21. The quantitative estimate of drug-likeness (QED) is 0.872. The first-order chi connectivity index (χ1) is 10.6. The summed E-state index contributed by atoms with van der Waals surface area (Å²) in [5.41, 5.74) is 1.02. The van der Waals surface area contributed by atoms with Gasteiger partial charge in [0.2, 0.25) is 6.10 Å². The Morgan fingerprint density at radius 3 is 2.45 bits per heavy atom. The highest BCUT2D eigenvalue weighted by molar-refractivity contribution is 5.82. The summed E-state index contributed by atoms with van der Waals surface area (Å²) in [5.74, 6) is 1.19. The number of hydrogen-bond donors (Lipinski definition) is 0. The zero-order chi connectivity index (χ0) is 15.5. The van der Waals surface area contributed by atoms with Crippen molar-refractivity contribution in [2.45, 2.75) is 25.7 Å². The van der Waals surface area contributed by atoms with Crippen molar-refractivity contribution < 1.29 is 14.3 Å². The van der Waals surface area contributed by atoms with Crippen LogP contribution in [0.2, 0.25) is 0 Å². The van der Waals surface area contributed by atoms with E-state index in [0.717, 1.165) is 5.56 Å². The molecule has 2 aromatic rings. The van der Waals surface area contributed by atoms with Gasteiger partial charge in [-0.05, 0) is 36.8 Å². The summed E-state index contributed by atoms with van der Waals surface area (Å²) in [6.45, 7) is 2.36. The van der Waals surface area contributed by atoms with E-state index in [1.165, 1.54) is 0 Å². The number of hydrogen-bond acceptors (Lipinski definition) is 4. The Balaban J connectivity index is 1.72. The molecule has 1 aliphatic rings. The molecule has 0 N–H and O–H groups in total. The highest BCUT2D eigenvalue weighted by atomic mass is 16.6. The van der Waals surface area contributed by atoms with Crippen LogP contribution in [0.1, 0.15) is 12.5 Å².